The van der Waals surface area contributed by atoms with E-state index in [0.717, 1.165) is 11.1 Å². The van der Waals surface area contributed by atoms with Gasteiger partial charge in [-0.2, -0.15) is 0 Å². The van der Waals surface area contributed by atoms with Gasteiger partial charge in [-0.25, -0.2) is 0 Å². The van der Waals surface area contributed by atoms with Crippen LogP contribution in [0.15, 0.2) is 54.6 Å². The van der Waals surface area contributed by atoms with Crippen LogP contribution in [0.3, 0.4) is 0 Å². The van der Waals surface area contributed by atoms with Gasteiger partial charge < -0.3 is 10.1 Å². The van der Waals surface area contributed by atoms with Crippen molar-refractivity contribution in [2.24, 2.45) is 0 Å². The monoisotopic (exact) mass is 269 g/mol. The molecule has 0 aliphatic heterocycles. The number of nitrogens with one attached hydrogen (secondary N) is 1. The second-order valence-corrected chi connectivity index (χ2v) is 4.90. The molecule has 2 rings (SSSR count). The number of rotatable bonds is 5. The van der Waals surface area contributed by atoms with Crippen LogP contribution >= 0.6 is 0 Å². The average Bonchev–Trinajstić information content (AvgIpc) is 2.46. The van der Waals surface area contributed by atoms with Gasteiger partial charge in [-0.1, -0.05) is 42.5 Å². The van der Waals surface area contributed by atoms with Crippen molar-refractivity contribution in [1.29, 1.82) is 0 Å². The molecule has 0 spiro atoms. The van der Waals surface area contributed by atoms with Crippen LogP contribution in [-0.4, -0.2) is 18.6 Å². The third-order valence-electron chi connectivity index (χ3n) is 2.78. The van der Waals surface area contributed by atoms with E-state index in [1.165, 1.54) is 0 Å². The fraction of sp³-hybridized carbons (Fsp3) is 0.235. The molecule has 0 radical (unpaired) electrons. The first-order valence-corrected chi connectivity index (χ1v) is 6.73. The minimum absolute atomic E-state index is 0.0445. The summed E-state index contributed by atoms with van der Waals surface area (Å²) in [6.07, 6.45) is 0. The van der Waals surface area contributed by atoms with E-state index in [-0.39, 0.29) is 18.6 Å². The first-order valence-electron chi connectivity index (χ1n) is 6.73. The summed E-state index contributed by atoms with van der Waals surface area (Å²) in [5.74, 6) is 0.593. The van der Waals surface area contributed by atoms with Crippen molar-refractivity contribution >= 4 is 5.91 Å². The van der Waals surface area contributed by atoms with Gasteiger partial charge in [0.05, 0.1) is 0 Å². The van der Waals surface area contributed by atoms with Gasteiger partial charge in [-0.3, -0.25) is 4.79 Å². The number of hydrogen-bond donors (Lipinski definition) is 1. The van der Waals surface area contributed by atoms with Crippen LogP contribution in [-0.2, 0) is 4.79 Å². The van der Waals surface area contributed by atoms with Crippen molar-refractivity contribution in [3.63, 3.8) is 0 Å². The van der Waals surface area contributed by atoms with E-state index in [9.17, 15) is 4.79 Å². The normalized spacial score (nSPS) is 10.3. The molecular weight excluding hydrogens is 250 g/mol. The van der Waals surface area contributed by atoms with E-state index in [2.05, 4.69) is 17.4 Å². The number of ether oxygens (including phenoxy) is 1. The molecule has 20 heavy (non-hydrogen) atoms. The second-order valence-electron chi connectivity index (χ2n) is 4.90. The number of carbonyl (C=O) groups excluding carboxylic acids is 1. The molecule has 104 valence electrons. The maximum absolute atomic E-state index is 11.5. The molecule has 0 unspecified atom stereocenters. The topological polar surface area (TPSA) is 38.3 Å². The molecule has 0 aromatic heterocycles. The van der Waals surface area contributed by atoms with Gasteiger partial charge in [-0.05, 0) is 37.1 Å². The molecule has 2 aromatic rings. The minimum atomic E-state index is -0.105. The Kier molecular flexibility index (Phi) is 4.77. The van der Waals surface area contributed by atoms with E-state index in [1.54, 1.807) is 0 Å². The predicted octanol–water partition coefficient (Wildman–Crippen LogP) is 3.26. The van der Waals surface area contributed by atoms with Gasteiger partial charge in [0.15, 0.2) is 6.61 Å². The fourth-order valence-corrected chi connectivity index (χ4v) is 1.89. The van der Waals surface area contributed by atoms with Gasteiger partial charge in [0.25, 0.3) is 5.91 Å². The summed E-state index contributed by atoms with van der Waals surface area (Å²) in [6.45, 7) is 3.89. The Balaban J connectivity index is 1.94. The number of amides is 1. The summed E-state index contributed by atoms with van der Waals surface area (Å²) in [7, 11) is 0. The third kappa shape index (κ3) is 4.12. The van der Waals surface area contributed by atoms with Crippen molar-refractivity contribution in [1.82, 2.24) is 5.32 Å². The van der Waals surface area contributed by atoms with Crippen molar-refractivity contribution < 1.29 is 9.53 Å². The summed E-state index contributed by atoms with van der Waals surface area (Å²) in [5.41, 5.74) is 2.29. The van der Waals surface area contributed by atoms with Crippen LogP contribution in [0.4, 0.5) is 0 Å². The smallest absolute Gasteiger partial charge is 0.258 e. The lowest BCUT2D eigenvalue weighted by atomic mass is 10.1. The standard InChI is InChI=1S/C17H19NO2/c1-13(2)18-17(19)12-20-16-10-8-15(9-11-16)14-6-4-3-5-7-14/h3-11,13H,12H2,1-2H3,(H,18,19). The second kappa shape index (κ2) is 6.75. The van der Waals surface area contributed by atoms with E-state index in [1.807, 2.05) is 56.3 Å². The Morgan fingerprint density at radius 3 is 2.20 bits per heavy atom. The lowest BCUT2D eigenvalue weighted by Gasteiger charge is -2.10. The summed E-state index contributed by atoms with van der Waals surface area (Å²) in [4.78, 5) is 11.5. The molecule has 3 heteroatoms. The zero-order chi connectivity index (χ0) is 14.4. The van der Waals surface area contributed by atoms with Gasteiger partial charge in [0.1, 0.15) is 5.75 Å². The Bertz CT molecular complexity index is 547. The molecule has 1 amide bonds. The third-order valence-corrected chi connectivity index (χ3v) is 2.78. The molecule has 2 aromatic carbocycles. The first-order chi connectivity index (χ1) is 9.65. The summed E-state index contributed by atoms with van der Waals surface area (Å²) in [6, 6.07) is 18.0. The van der Waals surface area contributed by atoms with Crippen LogP contribution in [0, 0.1) is 0 Å². The number of hydrogen-bond acceptors (Lipinski definition) is 2. The Morgan fingerprint density at radius 1 is 1.00 bits per heavy atom. The number of benzene rings is 2. The zero-order valence-electron chi connectivity index (χ0n) is 11.8. The molecule has 0 atom stereocenters. The lowest BCUT2D eigenvalue weighted by molar-refractivity contribution is -0.123. The molecular formula is C17H19NO2. The van der Waals surface area contributed by atoms with E-state index >= 15 is 0 Å². The van der Waals surface area contributed by atoms with Gasteiger partial charge >= 0.3 is 0 Å². The van der Waals surface area contributed by atoms with Crippen molar-refractivity contribution in [2.45, 2.75) is 19.9 Å². The molecule has 3 nitrogen and oxygen atoms in total. The van der Waals surface area contributed by atoms with Crippen LogP contribution in [0.2, 0.25) is 0 Å². The molecule has 1 N–H and O–H groups in total. The Hall–Kier alpha value is -2.29. The molecule has 0 aliphatic carbocycles. The highest BCUT2D eigenvalue weighted by molar-refractivity contribution is 5.77. The number of carbonyl (C=O) groups is 1. The highest BCUT2D eigenvalue weighted by atomic mass is 16.5. The van der Waals surface area contributed by atoms with Gasteiger partial charge in [0.2, 0.25) is 0 Å². The Morgan fingerprint density at radius 2 is 1.60 bits per heavy atom. The van der Waals surface area contributed by atoms with E-state index in [4.69, 9.17) is 4.74 Å². The van der Waals surface area contributed by atoms with Crippen LogP contribution in [0.5, 0.6) is 5.75 Å². The lowest BCUT2D eigenvalue weighted by Crippen LogP contribution is -2.34. The first kappa shape index (κ1) is 14.1. The van der Waals surface area contributed by atoms with Gasteiger partial charge in [-0.15, -0.1) is 0 Å². The average molecular weight is 269 g/mol. The fourth-order valence-electron chi connectivity index (χ4n) is 1.89. The maximum atomic E-state index is 11.5. The molecule has 0 aliphatic rings. The predicted molar refractivity (Wildman–Crippen MR) is 80.7 cm³/mol. The largest absolute Gasteiger partial charge is 0.484 e. The Labute approximate surface area is 119 Å². The molecule has 0 bridgehead atoms. The molecule has 0 heterocycles. The molecule has 0 saturated carbocycles. The summed E-state index contributed by atoms with van der Waals surface area (Å²) < 4.78 is 5.45. The van der Waals surface area contributed by atoms with Crippen molar-refractivity contribution in [3.8, 4) is 16.9 Å². The highest BCUT2D eigenvalue weighted by Gasteiger charge is 2.04. The van der Waals surface area contributed by atoms with E-state index in [0.29, 0.717) is 5.75 Å². The van der Waals surface area contributed by atoms with Gasteiger partial charge in [0, 0.05) is 6.04 Å². The van der Waals surface area contributed by atoms with Crippen LogP contribution < -0.4 is 10.1 Å². The minimum Gasteiger partial charge on any atom is -0.484 e. The zero-order valence-corrected chi connectivity index (χ0v) is 11.8. The quantitative estimate of drug-likeness (QED) is 0.904. The van der Waals surface area contributed by atoms with Crippen LogP contribution in [0.25, 0.3) is 11.1 Å². The van der Waals surface area contributed by atoms with Crippen molar-refractivity contribution in [2.75, 3.05) is 6.61 Å². The van der Waals surface area contributed by atoms with Crippen LogP contribution in [0.1, 0.15) is 13.8 Å². The molecule has 0 fully saturated rings. The van der Waals surface area contributed by atoms with E-state index < -0.39 is 0 Å². The summed E-state index contributed by atoms with van der Waals surface area (Å²) >= 11 is 0. The molecule has 0 saturated heterocycles. The maximum Gasteiger partial charge on any atom is 0.258 e. The van der Waals surface area contributed by atoms with Crippen molar-refractivity contribution in [3.05, 3.63) is 54.6 Å². The highest BCUT2D eigenvalue weighted by Crippen LogP contribution is 2.21. The summed E-state index contributed by atoms with van der Waals surface area (Å²) in [5, 5.41) is 2.79. The SMILES string of the molecule is CC(C)NC(=O)COc1ccc(-c2ccccc2)cc1.